The Morgan fingerprint density at radius 2 is 2.12 bits per heavy atom. The summed E-state index contributed by atoms with van der Waals surface area (Å²) in [6.07, 6.45) is 2.97. The number of amides is 2. The summed E-state index contributed by atoms with van der Waals surface area (Å²) in [5.74, 6) is 0.722. The van der Waals surface area contributed by atoms with E-state index in [-0.39, 0.29) is 17.9 Å². The van der Waals surface area contributed by atoms with Crippen LogP contribution in [0.3, 0.4) is 0 Å². The molecule has 1 saturated carbocycles. The molecule has 2 fully saturated rings. The second-order valence-electron chi connectivity index (χ2n) is 9.01. The number of likely N-dealkylation sites (tertiary alicyclic amines) is 1. The number of nitrogens with zero attached hydrogens (tertiary/aromatic N) is 4. The predicted molar refractivity (Wildman–Crippen MR) is 137 cm³/mol. The summed E-state index contributed by atoms with van der Waals surface area (Å²) in [6, 6.07) is 8.11. The maximum atomic E-state index is 13.7. The Morgan fingerprint density at radius 3 is 2.94 bits per heavy atom. The topological polar surface area (TPSA) is 79.6 Å². The number of halogens is 1. The number of hydrogen-bond acceptors (Lipinski definition) is 6. The largest absolute Gasteiger partial charge is 0.349 e. The molecule has 3 atom stereocenters. The summed E-state index contributed by atoms with van der Waals surface area (Å²) in [6.45, 7) is 5.03. The van der Waals surface area contributed by atoms with Crippen molar-refractivity contribution in [2.45, 2.75) is 26.3 Å². The van der Waals surface area contributed by atoms with E-state index in [4.69, 9.17) is 0 Å². The van der Waals surface area contributed by atoms with Gasteiger partial charge in [-0.2, -0.15) is 0 Å². The van der Waals surface area contributed by atoms with Gasteiger partial charge in [0.05, 0.1) is 16.6 Å². The first-order valence-electron chi connectivity index (χ1n) is 11.2. The second-order valence-corrected chi connectivity index (χ2v) is 12.2. The molecule has 1 aliphatic carbocycles. The van der Waals surface area contributed by atoms with E-state index in [0.29, 0.717) is 45.9 Å². The van der Waals surface area contributed by atoms with Gasteiger partial charge in [0.25, 0.3) is 11.8 Å². The lowest BCUT2D eigenvalue weighted by molar-refractivity contribution is 0.0690. The van der Waals surface area contributed by atoms with Crippen molar-refractivity contribution in [1.82, 2.24) is 24.6 Å². The standard InChI is InChI=1S/C24H22BrN5O2S2/c1-12-4-3-5-14(8-12)20-18(28-23(25)34-20)22(32)30-11-15-9-16(15)17(30)10-26-21(31)19-13(2)27-24-29(19)6-7-33-24/h3-8,15-17H,9-11H2,1-2H3,(H,26,31)/t15-,16-,17+/m0/s1. The number of rotatable bonds is 5. The summed E-state index contributed by atoms with van der Waals surface area (Å²) in [5.41, 5.74) is 3.88. The van der Waals surface area contributed by atoms with E-state index in [1.54, 1.807) is 0 Å². The van der Waals surface area contributed by atoms with E-state index in [9.17, 15) is 9.59 Å². The van der Waals surface area contributed by atoms with Gasteiger partial charge in [0.1, 0.15) is 11.4 Å². The van der Waals surface area contributed by atoms with E-state index in [2.05, 4.69) is 37.3 Å². The van der Waals surface area contributed by atoms with Crippen molar-refractivity contribution in [3.05, 3.63) is 62.4 Å². The minimum atomic E-state index is -0.156. The van der Waals surface area contributed by atoms with Gasteiger partial charge in [0, 0.05) is 24.7 Å². The van der Waals surface area contributed by atoms with Crippen molar-refractivity contribution >= 4 is 55.4 Å². The Labute approximate surface area is 213 Å². The normalized spacial score (nSPS) is 21.1. The molecule has 4 heterocycles. The Bertz CT molecular complexity index is 1440. The van der Waals surface area contributed by atoms with Crippen LogP contribution in [-0.2, 0) is 0 Å². The van der Waals surface area contributed by atoms with Gasteiger partial charge in [0.15, 0.2) is 8.88 Å². The number of imidazole rings is 1. The molecule has 3 aromatic heterocycles. The molecule has 0 spiro atoms. The predicted octanol–water partition coefficient (Wildman–Crippen LogP) is 4.79. The number of aromatic nitrogens is 3. The first-order valence-corrected chi connectivity index (χ1v) is 13.6. The first kappa shape index (κ1) is 21.9. The molecule has 1 aliphatic heterocycles. The molecule has 2 aliphatic rings. The second kappa shape index (κ2) is 8.28. The number of fused-ring (bicyclic) bond motifs is 2. The average Bonchev–Trinajstić information content (AvgIpc) is 3.14. The molecule has 7 nitrogen and oxygen atoms in total. The summed E-state index contributed by atoms with van der Waals surface area (Å²) in [5, 5.41) is 5.01. The zero-order valence-electron chi connectivity index (χ0n) is 18.6. The Balaban J connectivity index is 1.24. The summed E-state index contributed by atoms with van der Waals surface area (Å²) < 4.78 is 2.52. The summed E-state index contributed by atoms with van der Waals surface area (Å²) >= 11 is 6.46. The number of benzene rings is 1. The van der Waals surface area contributed by atoms with Gasteiger partial charge in [-0.25, -0.2) is 9.97 Å². The van der Waals surface area contributed by atoms with Gasteiger partial charge in [-0.15, -0.1) is 22.7 Å². The molecule has 0 unspecified atom stereocenters. The minimum Gasteiger partial charge on any atom is -0.349 e. The fourth-order valence-electron chi connectivity index (χ4n) is 5.07. The van der Waals surface area contributed by atoms with Crippen LogP contribution in [0.2, 0.25) is 0 Å². The zero-order chi connectivity index (χ0) is 23.6. The number of carbonyl (C=O) groups is 2. The van der Waals surface area contributed by atoms with Crippen LogP contribution in [0, 0.1) is 25.7 Å². The molecule has 174 valence electrons. The Morgan fingerprint density at radius 1 is 1.26 bits per heavy atom. The van der Waals surface area contributed by atoms with Crippen LogP contribution in [0.4, 0.5) is 0 Å². The molecular weight excluding hydrogens is 534 g/mol. The number of hydrogen-bond donors (Lipinski definition) is 1. The lowest BCUT2D eigenvalue weighted by atomic mass is 10.1. The molecule has 2 amide bonds. The maximum absolute atomic E-state index is 13.7. The van der Waals surface area contributed by atoms with Gasteiger partial charge in [-0.3, -0.25) is 14.0 Å². The van der Waals surface area contributed by atoms with E-state index in [1.165, 1.54) is 22.7 Å². The number of piperidine rings is 1. The number of thiazole rings is 2. The first-order chi connectivity index (χ1) is 16.4. The molecular formula is C24H22BrN5O2S2. The summed E-state index contributed by atoms with van der Waals surface area (Å²) in [7, 11) is 0. The highest BCUT2D eigenvalue weighted by Gasteiger charge is 2.54. The van der Waals surface area contributed by atoms with Gasteiger partial charge >= 0.3 is 0 Å². The number of nitrogens with one attached hydrogen (secondary N) is 1. The van der Waals surface area contributed by atoms with E-state index in [1.807, 2.05) is 52.9 Å². The molecule has 1 N–H and O–H groups in total. The molecule has 10 heteroatoms. The van der Waals surface area contributed by atoms with Crippen molar-refractivity contribution in [2.75, 3.05) is 13.1 Å². The van der Waals surface area contributed by atoms with E-state index in [0.717, 1.165) is 27.4 Å². The Kier molecular flexibility index (Phi) is 5.34. The SMILES string of the molecule is Cc1cccc(-c2sc(Br)nc2C(=O)N2C[C@@H]3C[C@@H]3[C@H]2CNC(=O)c2c(C)nc3sccn23)c1. The molecule has 34 heavy (non-hydrogen) atoms. The van der Waals surface area contributed by atoms with Gasteiger partial charge in [0.2, 0.25) is 0 Å². The lowest BCUT2D eigenvalue weighted by Gasteiger charge is -2.27. The van der Waals surface area contributed by atoms with Crippen LogP contribution < -0.4 is 5.32 Å². The number of carbonyl (C=O) groups excluding carboxylic acids is 2. The monoisotopic (exact) mass is 555 g/mol. The smallest absolute Gasteiger partial charge is 0.274 e. The van der Waals surface area contributed by atoms with Gasteiger partial charge in [-0.05, 0) is 53.6 Å². The molecule has 0 radical (unpaired) electrons. The van der Waals surface area contributed by atoms with Crippen molar-refractivity contribution in [3.8, 4) is 10.4 Å². The molecule has 0 bridgehead atoms. The maximum Gasteiger partial charge on any atom is 0.274 e. The van der Waals surface area contributed by atoms with Crippen LogP contribution in [0.5, 0.6) is 0 Å². The average molecular weight is 557 g/mol. The third kappa shape index (κ3) is 3.68. The van der Waals surface area contributed by atoms with Gasteiger partial charge in [-0.1, -0.05) is 29.8 Å². The van der Waals surface area contributed by atoms with Crippen LogP contribution in [0.15, 0.2) is 39.8 Å². The number of aryl methyl sites for hydroxylation is 2. The highest BCUT2D eigenvalue weighted by atomic mass is 79.9. The van der Waals surface area contributed by atoms with Crippen LogP contribution in [0.1, 0.15) is 38.7 Å². The van der Waals surface area contributed by atoms with Gasteiger partial charge < -0.3 is 10.2 Å². The fraction of sp³-hybridized carbons (Fsp3) is 0.333. The minimum absolute atomic E-state index is 0.0292. The molecule has 1 aromatic carbocycles. The van der Waals surface area contributed by atoms with Crippen LogP contribution >= 0.6 is 38.6 Å². The molecule has 6 rings (SSSR count). The van der Waals surface area contributed by atoms with Crippen LogP contribution in [-0.4, -0.2) is 50.2 Å². The fourth-order valence-corrected chi connectivity index (χ4v) is 7.27. The third-order valence-electron chi connectivity index (χ3n) is 6.77. The van der Waals surface area contributed by atoms with E-state index >= 15 is 0 Å². The Hall–Kier alpha value is -2.56. The lowest BCUT2D eigenvalue weighted by Crippen LogP contribution is -2.46. The third-order valence-corrected chi connectivity index (χ3v) is 9.08. The van der Waals surface area contributed by atoms with Crippen molar-refractivity contribution < 1.29 is 9.59 Å². The summed E-state index contributed by atoms with van der Waals surface area (Å²) in [4.78, 5) is 39.4. The van der Waals surface area contributed by atoms with E-state index < -0.39 is 0 Å². The van der Waals surface area contributed by atoms with Crippen molar-refractivity contribution in [2.24, 2.45) is 11.8 Å². The highest BCUT2D eigenvalue weighted by Crippen LogP contribution is 2.50. The van der Waals surface area contributed by atoms with Crippen molar-refractivity contribution in [1.29, 1.82) is 0 Å². The zero-order valence-corrected chi connectivity index (χ0v) is 21.8. The quantitative estimate of drug-likeness (QED) is 0.384. The van der Waals surface area contributed by atoms with Crippen molar-refractivity contribution in [3.63, 3.8) is 0 Å². The molecule has 1 saturated heterocycles. The highest BCUT2D eigenvalue weighted by molar-refractivity contribution is 9.11. The molecule has 4 aromatic rings. The van der Waals surface area contributed by atoms with Crippen LogP contribution in [0.25, 0.3) is 15.4 Å².